The van der Waals surface area contributed by atoms with Crippen molar-refractivity contribution >= 4 is 28.5 Å². The lowest BCUT2D eigenvalue weighted by atomic mass is 9.74. The first-order valence-electron chi connectivity index (χ1n) is 10.9. The molecule has 2 aliphatic rings. The highest BCUT2D eigenvalue weighted by Gasteiger charge is 2.44. The monoisotopic (exact) mass is 428 g/mol. The molecule has 5 rings (SSSR count). The van der Waals surface area contributed by atoms with Crippen LogP contribution in [-0.2, 0) is 4.79 Å². The smallest absolute Gasteiger partial charge is 0.162 e. The van der Waals surface area contributed by atoms with Crippen LogP contribution in [0.25, 0.3) is 0 Å². The third-order valence-corrected chi connectivity index (χ3v) is 7.31. The molecule has 1 aromatic heterocycles. The minimum Gasteiger partial charge on any atom is -0.342 e. The van der Waals surface area contributed by atoms with Crippen LogP contribution in [0.3, 0.4) is 0 Å². The zero-order chi connectivity index (χ0) is 21.6. The second kappa shape index (κ2) is 7.69. The highest BCUT2D eigenvalue weighted by atomic mass is 32.1. The number of rotatable bonds is 3. The average Bonchev–Trinajstić information content (AvgIpc) is 3.19. The van der Waals surface area contributed by atoms with Crippen LogP contribution in [0, 0.1) is 12.3 Å². The molecule has 1 atom stereocenters. The molecular formula is C27H28N2OS. The molecule has 0 amide bonds. The number of hydrogen-bond donors (Lipinski definition) is 0. The van der Waals surface area contributed by atoms with Crippen LogP contribution in [0.4, 0.5) is 11.4 Å². The molecule has 158 valence electrons. The first-order valence-corrected chi connectivity index (χ1v) is 11.7. The number of ketones is 1. The molecule has 0 saturated carbocycles. The minimum atomic E-state index is -0.0339. The summed E-state index contributed by atoms with van der Waals surface area (Å²) in [6.07, 6.45) is 1.54. The third-order valence-electron chi connectivity index (χ3n) is 6.27. The number of anilines is 2. The molecule has 4 heteroatoms. The molecule has 31 heavy (non-hydrogen) atoms. The van der Waals surface area contributed by atoms with Gasteiger partial charge in [-0.15, -0.1) is 11.3 Å². The number of allylic oxidation sites excluding steroid dienone is 1. The lowest BCUT2D eigenvalue weighted by Gasteiger charge is -2.50. The van der Waals surface area contributed by atoms with E-state index < -0.39 is 0 Å². The highest BCUT2D eigenvalue weighted by Crippen LogP contribution is 2.49. The van der Waals surface area contributed by atoms with Crippen molar-refractivity contribution in [2.75, 3.05) is 16.3 Å². The van der Waals surface area contributed by atoms with Crippen molar-refractivity contribution in [3.63, 3.8) is 0 Å². The Morgan fingerprint density at radius 1 is 0.871 bits per heavy atom. The molecular weight excluding hydrogens is 400 g/mol. The van der Waals surface area contributed by atoms with E-state index in [1.807, 2.05) is 17.4 Å². The molecule has 3 nitrogen and oxygen atoms in total. The van der Waals surface area contributed by atoms with Crippen LogP contribution in [-0.4, -0.2) is 12.3 Å². The largest absolute Gasteiger partial charge is 0.342 e. The molecule has 0 saturated heterocycles. The quantitative estimate of drug-likeness (QED) is 0.462. The van der Waals surface area contributed by atoms with Gasteiger partial charge in [-0.05, 0) is 55.2 Å². The first kappa shape index (κ1) is 20.1. The predicted octanol–water partition coefficient (Wildman–Crippen LogP) is 6.73. The number of carbonyl (C=O) groups excluding carboxylic acids is 1. The molecule has 0 spiro atoms. The average molecular weight is 429 g/mol. The molecule has 1 aliphatic heterocycles. The fourth-order valence-electron chi connectivity index (χ4n) is 4.89. The van der Waals surface area contributed by atoms with Crippen LogP contribution in [0.1, 0.15) is 42.6 Å². The van der Waals surface area contributed by atoms with Crippen molar-refractivity contribution in [1.29, 1.82) is 0 Å². The summed E-state index contributed by atoms with van der Waals surface area (Å²) in [5, 5.41) is 0. The standard InChI is InChI=1S/C27H28N2OS/c1-19-14-15-25(31-19)26-28(20-10-6-4-7-11-20)18-22-23(16-27(2,3)17-24(22)30)29(26)21-12-8-5-9-13-21/h4-15,26H,16-18H2,1-3H3. The summed E-state index contributed by atoms with van der Waals surface area (Å²) in [5.74, 6) is 0.286. The van der Waals surface area contributed by atoms with Gasteiger partial charge in [0.2, 0.25) is 0 Å². The van der Waals surface area contributed by atoms with Gasteiger partial charge < -0.3 is 9.80 Å². The van der Waals surface area contributed by atoms with Gasteiger partial charge in [-0.2, -0.15) is 0 Å². The maximum absolute atomic E-state index is 13.3. The number of Topliss-reactive ketones (excluding diaryl/α,β-unsaturated/α-hetero) is 1. The SMILES string of the molecule is Cc1ccc(C2N(c3ccccc3)CC3=C(CC(C)(C)CC3=O)N2c2ccccc2)s1. The summed E-state index contributed by atoms with van der Waals surface area (Å²) < 4.78 is 0. The fourth-order valence-corrected chi connectivity index (χ4v) is 5.87. The predicted molar refractivity (Wildman–Crippen MR) is 130 cm³/mol. The van der Waals surface area contributed by atoms with Gasteiger partial charge in [0.25, 0.3) is 0 Å². The van der Waals surface area contributed by atoms with Gasteiger partial charge in [0.15, 0.2) is 5.78 Å². The van der Waals surface area contributed by atoms with E-state index in [-0.39, 0.29) is 17.4 Å². The Balaban J connectivity index is 1.75. The number of carbonyl (C=O) groups is 1. The summed E-state index contributed by atoms with van der Waals surface area (Å²) in [4.78, 5) is 20.8. The van der Waals surface area contributed by atoms with Crippen LogP contribution in [0.2, 0.25) is 0 Å². The van der Waals surface area contributed by atoms with E-state index in [1.165, 1.54) is 15.5 Å². The van der Waals surface area contributed by atoms with Gasteiger partial charge in [0.05, 0.1) is 6.54 Å². The Labute approximate surface area is 188 Å². The zero-order valence-electron chi connectivity index (χ0n) is 18.3. The molecule has 0 radical (unpaired) electrons. The van der Waals surface area contributed by atoms with Gasteiger partial charge in [-0.3, -0.25) is 4.79 Å². The van der Waals surface area contributed by atoms with Gasteiger partial charge in [0, 0.05) is 38.8 Å². The van der Waals surface area contributed by atoms with E-state index in [0.717, 1.165) is 23.4 Å². The lowest BCUT2D eigenvalue weighted by molar-refractivity contribution is -0.118. The van der Waals surface area contributed by atoms with Crippen molar-refractivity contribution in [2.45, 2.75) is 39.8 Å². The van der Waals surface area contributed by atoms with Gasteiger partial charge in [0.1, 0.15) is 6.17 Å². The van der Waals surface area contributed by atoms with Gasteiger partial charge in [-0.1, -0.05) is 50.2 Å². The maximum atomic E-state index is 13.3. The van der Waals surface area contributed by atoms with E-state index >= 15 is 0 Å². The molecule has 0 bridgehead atoms. The second-order valence-electron chi connectivity index (χ2n) is 9.36. The van der Waals surface area contributed by atoms with Crippen LogP contribution >= 0.6 is 11.3 Å². The molecule has 0 N–H and O–H groups in total. The van der Waals surface area contributed by atoms with Crippen LogP contribution < -0.4 is 9.80 Å². The number of nitrogens with zero attached hydrogens (tertiary/aromatic N) is 2. The lowest BCUT2D eigenvalue weighted by Crippen LogP contribution is -2.50. The Hall–Kier alpha value is -2.85. The Bertz CT molecular complexity index is 1130. The minimum absolute atomic E-state index is 0.0175. The Morgan fingerprint density at radius 3 is 2.13 bits per heavy atom. The third kappa shape index (κ3) is 3.70. The number of hydrogen-bond acceptors (Lipinski definition) is 4. The van der Waals surface area contributed by atoms with Crippen molar-refractivity contribution < 1.29 is 4.79 Å². The summed E-state index contributed by atoms with van der Waals surface area (Å²) in [5.41, 5.74) is 4.40. The molecule has 3 aromatic rings. The molecule has 1 aliphatic carbocycles. The Morgan fingerprint density at radius 2 is 1.52 bits per heavy atom. The molecule has 2 heterocycles. The summed E-state index contributed by atoms with van der Waals surface area (Å²) in [7, 11) is 0. The van der Waals surface area contributed by atoms with E-state index in [4.69, 9.17) is 0 Å². The first-order chi connectivity index (χ1) is 14.9. The zero-order valence-corrected chi connectivity index (χ0v) is 19.2. The fraction of sp³-hybridized carbons (Fsp3) is 0.296. The highest BCUT2D eigenvalue weighted by molar-refractivity contribution is 7.12. The molecule has 2 aromatic carbocycles. The number of benzene rings is 2. The van der Waals surface area contributed by atoms with Crippen molar-refractivity contribution in [1.82, 2.24) is 0 Å². The van der Waals surface area contributed by atoms with Gasteiger partial charge >= 0.3 is 0 Å². The van der Waals surface area contributed by atoms with Crippen molar-refractivity contribution in [3.8, 4) is 0 Å². The van der Waals surface area contributed by atoms with Crippen LogP contribution in [0.15, 0.2) is 84.1 Å². The van der Waals surface area contributed by atoms with Crippen molar-refractivity contribution in [2.24, 2.45) is 5.41 Å². The molecule has 1 unspecified atom stereocenters. The van der Waals surface area contributed by atoms with E-state index in [2.05, 4.69) is 97.3 Å². The second-order valence-corrected chi connectivity index (χ2v) is 10.7. The van der Waals surface area contributed by atoms with Gasteiger partial charge in [-0.25, -0.2) is 0 Å². The summed E-state index contributed by atoms with van der Waals surface area (Å²) in [6.45, 7) is 7.24. The summed E-state index contributed by atoms with van der Waals surface area (Å²) >= 11 is 1.84. The topological polar surface area (TPSA) is 23.6 Å². The van der Waals surface area contributed by atoms with E-state index in [0.29, 0.717) is 13.0 Å². The number of thiophene rings is 1. The molecule has 0 fully saturated rings. The normalized spacial score (nSPS) is 20.7. The maximum Gasteiger partial charge on any atom is 0.162 e. The van der Waals surface area contributed by atoms with Crippen molar-refractivity contribution in [3.05, 3.63) is 93.8 Å². The van der Waals surface area contributed by atoms with Crippen LogP contribution in [0.5, 0.6) is 0 Å². The summed E-state index contributed by atoms with van der Waals surface area (Å²) in [6, 6.07) is 25.5. The van der Waals surface area contributed by atoms with E-state index in [9.17, 15) is 4.79 Å². The Kier molecular flexibility index (Phi) is 4.98. The number of para-hydroxylation sites is 2. The van der Waals surface area contributed by atoms with E-state index in [1.54, 1.807) is 0 Å². The number of aryl methyl sites for hydroxylation is 1.